The molecule has 2 heterocycles. The second-order valence-electron chi connectivity index (χ2n) is 4.76. The van der Waals surface area contributed by atoms with E-state index < -0.39 is 0 Å². The van der Waals surface area contributed by atoms with Crippen molar-refractivity contribution in [3.63, 3.8) is 0 Å². The Labute approximate surface area is 123 Å². The van der Waals surface area contributed by atoms with Crippen LogP contribution in [0.2, 0.25) is 0 Å². The Morgan fingerprint density at radius 1 is 1.05 bits per heavy atom. The number of pyridine rings is 1. The third kappa shape index (κ3) is 2.84. The van der Waals surface area contributed by atoms with Crippen LogP contribution >= 0.6 is 0 Å². The zero-order valence-electron chi connectivity index (χ0n) is 11.7. The van der Waals surface area contributed by atoms with Crippen LogP contribution < -0.4 is 5.32 Å². The highest BCUT2D eigenvalue weighted by atomic mass is 16.1. The lowest BCUT2D eigenvalue weighted by Gasteiger charge is -2.08. The number of rotatable bonds is 3. The minimum atomic E-state index is -0.157. The van der Waals surface area contributed by atoms with Crippen molar-refractivity contribution in [3.8, 4) is 5.69 Å². The largest absolute Gasteiger partial charge is 0.324 e. The fourth-order valence-corrected chi connectivity index (χ4v) is 2.09. The Bertz CT molecular complexity index is 746. The molecular weight excluding hydrogens is 262 g/mol. The lowest BCUT2D eigenvalue weighted by Crippen LogP contribution is -2.13. The zero-order valence-corrected chi connectivity index (χ0v) is 11.7. The van der Waals surface area contributed by atoms with Gasteiger partial charge in [0.2, 0.25) is 0 Å². The molecule has 21 heavy (non-hydrogen) atoms. The first-order valence-corrected chi connectivity index (χ1v) is 6.70. The zero-order chi connectivity index (χ0) is 14.7. The molecule has 0 aliphatic rings. The van der Waals surface area contributed by atoms with Crippen molar-refractivity contribution in [2.45, 2.75) is 6.92 Å². The maximum absolute atomic E-state index is 12.2. The third-order valence-electron chi connectivity index (χ3n) is 3.27. The molecule has 4 heteroatoms. The SMILES string of the molecule is Cc1cccnc1NC(=O)c1ccc(-n2cccc2)cc1. The van der Waals surface area contributed by atoms with E-state index in [9.17, 15) is 4.79 Å². The van der Waals surface area contributed by atoms with Crippen molar-refractivity contribution < 1.29 is 4.79 Å². The smallest absolute Gasteiger partial charge is 0.256 e. The minimum Gasteiger partial charge on any atom is -0.324 e. The number of hydrogen-bond acceptors (Lipinski definition) is 2. The van der Waals surface area contributed by atoms with E-state index in [0.717, 1.165) is 11.3 Å². The van der Waals surface area contributed by atoms with Crippen LogP contribution in [0.15, 0.2) is 67.1 Å². The molecule has 0 fully saturated rings. The molecule has 104 valence electrons. The van der Waals surface area contributed by atoms with Gasteiger partial charge in [-0.2, -0.15) is 0 Å². The summed E-state index contributed by atoms with van der Waals surface area (Å²) in [5, 5.41) is 2.82. The number of aryl methyl sites for hydroxylation is 1. The molecule has 3 aromatic rings. The van der Waals surface area contributed by atoms with Crippen LogP contribution in [0.5, 0.6) is 0 Å². The molecule has 0 aliphatic carbocycles. The summed E-state index contributed by atoms with van der Waals surface area (Å²) in [6.45, 7) is 1.91. The van der Waals surface area contributed by atoms with E-state index >= 15 is 0 Å². The van der Waals surface area contributed by atoms with Crippen LogP contribution in [0, 0.1) is 6.92 Å². The van der Waals surface area contributed by atoms with Crippen molar-refractivity contribution in [2.24, 2.45) is 0 Å². The predicted molar refractivity (Wildman–Crippen MR) is 82.7 cm³/mol. The first kappa shape index (κ1) is 13.1. The molecule has 0 bridgehead atoms. The quantitative estimate of drug-likeness (QED) is 0.797. The molecule has 0 aliphatic heterocycles. The molecule has 0 radical (unpaired) electrons. The molecule has 4 nitrogen and oxygen atoms in total. The molecule has 0 saturated heterocycles. The minimum absolute atomic E-state index is 0.157. The Morgan fingerprint density at radius 2 is 1.76 bits per heavy atom. The van der Waals surface area contributed by atoms with Gasteiger partial charge in [0.05, 0.1) is 0 Å². The van der Waals surface area contributed by atoms with Crippen molar-refractivity contribution in [2.75, 3.05) is 5.32 Å². The normalized spacial score (nSPS) is 10.3. The standard InChI is InChI=1S/C17H15N3O/c1-13-5-4-10-18-16(13)19-17(21)14-6-8-15(9-7-14)20-11-2-3-12-20/h2-12H,1H3,(H,18,19,21). The maximum Gasteiger partial charge on any atom is 0.256 e. The van der Waals surface area contributed by atoms with Crippen molar-refractivity contribution in [1.29, 1.82) is 0 Å². The van der Waals surface area contributed by atoms with Crippen LogP contribution in [0.1, 0.15) is 15.9 Å². The predicted octanol–water partition coefficient (Wildman–Crippen LogP) is 3.43. The molecule has 1 aromatic carbocycles. The van der Waals surface area contributed by atoms with Gasteiger partial charge in [-0.1, -0.05) is 6.07 Å². The summed E-state index contributed by atoms with van der Waals surface area (Å²) in [7, 11) is 0. The average Bonchev–Trinajstić information content (AvgIpc) is 3.04. The van der Waals surface area contributed by atoms with Gasteiger partial charge in [-0.25, -0.2) is 4.98 Å². The van der Waals surface area contributed by atoms with Crippen molar-refractivity contribution in [1.82, 2.24) is 9.55 Å². The molecule has 2 aromatic heterocycles. The number of anilines is 1. The van der Waals surface area contributed by atoms with E-state index in [1.807, 2.05) is 72.4 Å². The number of hydrogen-bond donors (Lipinski definition) is 1. The van der Waals surface area contributed by atoms with Gasteiger partial charge in [-0.3, -0.25) is 4.79 Å². The van der Waals surface area contributed by atoms with E-state index in [2.05, 4.69) is 10.3 Å². The molecule has 1 amide bonds. The number of nitrogens with one attached hydrogen (secondary N) is 1. The van der Waals surface area contributed by atoms with Gasteiger partial charge in [0, 0.05) is 29.8 Å². The lowest BCUT2D eigenvalue weighted by atomic mass is 10.2. The number of benzene rings is 1. The second kappa shape index (κ2) is 5.63. The molecule has 0 spiro atoms. The van der Waals surface area contributed by atoms with Crippen LogP contribution in [0.25, 0.3) is 5.69 Å². The number of nitrogens with zero attached hydrogens (tertiary/aromatic N) is 2. The second-order valence-corrected chi connectivity index (χ2v) is 4.76. The summed E-state index contributed by atoms with van der Waals surface area (Å²) in [4.78, 5) is 16.4. The number of carbonyl (C=O) groups excluding carboxylic acids is 1. The van der Waals surface area contributed by atoms with Crippen molar-refractivity contribution >= 4 is 11.7 Å². The summed E-state index contributed by atoms with van der Waals surface area (Å²) >= 11 is 0. The van der Waals surface area contributed by atoms with E-state index in [4.69, 9.17) is 0 Å². The first-order valence-electron chi connectivity index (χ1n) is 6.70. The number of aromatic nitrogens is 2. The molecular formula is C17H15N3O. The molecule has 3 rings (SSSR count). The fourth-order valence-electron chi connectivity index (χ4n) is 2.09. The van der Waals surface area contributed by atoms with Crippen LogP contribution in [-0.2, 0) is 0 Å². The number of carbonyl (C=O) groups is 1. The summed E-state index contributed by atoms with van der Waals surface area (Å²) in [6.07, 6.45) is 5.59. The van der Waals surface area contributed by atoms with Crippen LogP contribution in [0.4, 0.5) is 5.82 Å². The van der Waals surface area contributed by atoms with E-state index in [0.29, 0.717) is 11.4 Å². The lowest BCUT2D eigenvalue weighted by molar-refractivity contribution is 0.102. The van der Waals surface area contributed by atoms with Gasteiger partial charge in [0.25, 0.3) is 5.91 Å². The summed E-state index contributed by atoms with van der Waals surface area (Å²) in [5.74, 6) is 0.438. The third-order valence-corrected chi connectivity index (χ3v) is 3.27. The molecule has 0 atom stereocenters. The highest BCUT2D eigenvalue weighted by molar-refractivity contribution is 6.04. The van der Waals surface area contributed by atoms with Gasteiger partial charge < -0.3 is 9.88 Å². The van der Waals surface area contributed by atoms with E-state index in [1.165, 1.54) is 0 Å². The summed E-state index contributed by atoms with van der Waals surface area (Å²) in [5.41, 5.74) is 2.57. The Hall–Kier alpha value is -2.88. The van der Waals surface area contributed by atoms with Crippen LogP contribution in [0.3, 0.4) is 0 Å². The Balaban J connectivity index is 1.78. The highest BCUT2D eigenvalue weighted by Crippen LogP contribution is 2.13. The maximum atomic E-state index is 12.2. The van der Waals surface area contributed by atoms with Gasteiger partial charge in [0.1, 0.15) is 5.82 Å². The van der Waals surface area contributed by atoms with Crippen LogP contribution in [-0.4, -0.2) is 15.5 Å². The Morgan fingerprint density at radius 3 is 2.43 bits per heavy atom. The van der Waals surface area contributed by atoms with Gasteiger partial charge in [-0.05, 0) is 55.0 Å². The van der Waals surface area contributed by atoms with Gasteiger partial charge in [0.15, 0.2) is 0 Å². The average molecular weight is 277 g/mol. The molecule has 1 N–H and O–H groups in total. The van der Waals surface area contributed by atoms with Crippen molar-refractivity contribution in [3.05, 3.63) is 78.2 Å². The van der Waals surface area contributed by atoms with E-state index in [-0.39, 0.29) is 5.91 Å². The summed E-state index contributed by atoms with van der Waals surface area (Å²) < 4.78 is 1.99. The highest BCUT2D eigenvalue weighted by Gasteiger charge is 2.08. The molecule has 0 saturated carbocycles. The van der Waals surface area contributed by atoms with Gasteiger partial charge in [-0.15, -0.1) is 0 Å². The van der Waals surface area contributed by atoms with E-state index in [1.54, 1.807) is 6.20 Å². The Kier molecular flexibility index (Phi) is 3.51. The van der Waals surface area contributed by atoms with Gasteiger partial charge >= 0.3 is 0 Å². The first-order chi connectivity index (χ1) is 10.2. The topological polar surface area (TPSA) is 46.9 Å². The molecule has 0 unspecified atom stereocenters. The summed E-state index contributed by atoms with van der Waals surface area (Å²) in [6, 6.07) is 15.1. The number of amides is 1. The monoisotopic (exact) mass is 277 g/mol. The fraction of sp³-hybridized carbons (Fsp3) is 0.0588.